The van der Waals surface area contributed by atoms with E-state index in [0.717, 1.165) is 11.1 Å². The zero-order valence-corrected chi connectivity index (χ0v) is 15.7. The monoisotopic (exact) mass is 436 g/mol. The van der Waals surface area contributed by atoms with E-state index in [1.807, 2.05) is 0 Å². The molecular formula is C18H14F6N2O2S. The second-order valence-corrected chi connectivity index (χ2v) is 7.47. The van der Waals surface area contributed by atoms with E-state index in [4.69, 9.17) is 4.74 Å². The molecule has 0 N–H and O–H groups in total. The maximum absolute atomic E-state index is 14.7. The topological polar surface area (TPSA) is 34.1 Å². The summed E-state index contributed by atoms with van der Waals surface area (Å²) in [6.07, 6.45) is -1.52. The van der Waals surface area contributed by atoms with Gasteiger partial charge in [-0.05, 0) is 18.4 Å². The summed E-state index contributed by atoms with van der Waals surface area (Å²) >= 11 is 1.18. The van der Waals surface area contributed by atoms with Gasteiger partial charge in [-0.15, -0.1) is 11.8 Å². The molecule has 0 aliphatic carbocycles. The molecule has 0 saturated carbocycles. The Labute approximate surface area is 165 Å². The zero-order chi connectivity index (χ0) is 21.0. The molecule has 0 aromatic heterocycles. The molecule has 156 valence electrons. The summed E-state index contributed by atoms with van der Waals surface area (Å²) < 4.78 is 89.8. The molecule has 0 saturated heterocycles. The Hall–Kier alpha value is -2.30. The highest BCUT2D eigenvalue weighted by Crippen LogP contribution is 2.48. The van der Waals surface area contributed by atoms with E-state index in [0.29, 0.717) is 16.5 Å². The van der Waals surface area contributed by atoms with E-state index in [2.05, 4.69) is 9.73 Å². The first-order chi connectivity index (χ1) is 13.6. The smallest absolute Gasteiger partial charge is 0.417 e. The van der Waals surface area contributed by atoms with E-state index >= 15 is 0 Å². The Morgan fingerprint density at radius 1 is 1.31 bits per heavy atom. The number of hydrogen-bond donors (Lipinski definition) is 0. The molecule has 1 spiro atoms. The first-order valence-electron chi connectivity index (χ1n) is 8.47. The fourth-order valence-corrected chi connectivity index (χ4v) is 4.13. The SMILES string of the molecule is CSc1ccc2c(c1F)OCC[C@@]21CN2C=C(C(F)(F)F)C=C(OC(F)F)C2=N1. The van der Waals surface area contributed by atoms with Crippen molar-refractivity contribution in [3.63, 3.8) is 0 Å². The molecule has 0 bridgehead atoms. The van der Waals surface area contributed by atoms with Crippen molar-refractivity contribution < 1.29 is 35.8 Å². The second kappa shape index (κ2) is 6.89. The number of fused-ring (bicyclic) bond motifs is 3. The number of thioether (sulfide) groups is 1. The van der Waals surface area contributed by atoms with Crippen molar-refractivity contribution in [2.75, 3.05) is 19.4 Å². The van der Waals surface area contributed by atoms with Gasteiger partial charge >= 0.3 is 12.8 Å². The minimum Gasteiger partial charge on any atom is -0.490 e. The molecule has 3 heterocycles. The Morgan fingerprint density at radius 2 is 2.07 bits per heavy atom. The molecule has 3 aliphatic heterocycles. The van der Waals surface area contributed by atoms with Crippen molar-refractivity contribution in [1.82, 2.24) is 4.90 Å². The molecule has 4 nitrogen and oxygen atoms in total. The van der Waals surface area contributed by atoms with Gasteiger partial charge in [-0.25, -0.2) is 4.39 Å². The van der Waals surface area contributed by atoms with Crippen molar-refractivity contribution in [1.29, 1.82) is 0 Å². The lowest BCUT2D eigenvalue weighted by molar-refractivity contribution is -0.0981. The predicted molar refractivity (Wildman–Crippen MR) is 93.4 cm³/mol. The first-order valence-corrected chi connectivity index (χ1v) is 9.69. The standard InChI is InChI=1S/C18H14F6N2O2S/c1-29-12-3-2-10-14(13(12)19)27-5-4-17(10)8-26-7-9(18(22,23)24)6-11(15(26)25-17)28-16(20)21/h2-3,6-7,16H,4-5,8H2,1H3/t17-/m1/s1. The van der Waals surface area contributed by atoms with Gasteiger partial charge in [0.15, 0.2) is 23.2 Å². The van der Waals surface area contributed by atoms with Crippen molar-refractivity contribution in [2.24, 2.45) is 4.99 Å². The highest BCUT2D eigenvalue weighted by Gasteiger charge is 2.49. The van der Waals surface area contributed by atoms with E-state index in [-0.39, 0.29) is 31.2 Å². The summed E-state index contributed by atoms with van der Waals surface area (Å²) in [4.78, 5) is 5.91. The fraction of sp³-hybridized carbons (Fsp3) is 0.389. The average molecular weight is 436 g/mol. The zero-order valence-electron chi connectivity index (χ0n) is 14.9. The summed E-state index contributed by atoms with van der Waals surface area (Å²) in [5.41, 5.74) is -1.91. The number of ether oxygens (including phenoxy) is 2. The van der Waals surface area contributed by atoms with Crippen LogP contribution in [0.4, 0.5) is 26.3 Å². The van der Waals surface area contributed by atoms with Crippen molar-refractivity contribution in [3.8, 4) is 5.75 Å². The number of alkyl halides is 5. The number of nitrogens with zero attached hydrogens (tertiary/aromatic N) is 2. The molecule has 29 heavy (non-hydrogen) atoms. The van der Waals surface area contributed by atoms with Crippen molar-refractivity contribution >= 4 is 17.6 Å². The molecular weight excluding hydrogens is 422 g/mol. The molecule has 3 aliphatic rings. The van der Waals surface area contributed by atoms with E-state index < -0.39 is 35.5 Å². The van der Waals surface area contributed by atoms with Crippen molar-refractivity contribution in [2.45, 2.75) is 29.6 Å². The number of aliphatic imine (C=N–C) groups is 1. The largest absolute Gasteiger partial charge is 0.490 e. The van der Waals surface area contributed by atoms with Gasteiger partial charge in [0.1, 0.15) is 5.54 Å². The number of hydrogen-bond acceptors (Lipinski definition) is 5. The Morgan fingerprint density at radius 3 is 2.72 bits per heavy atom. The van der Waals surface area contributed by atoms with Gasteiger partial charge in [-0.3, -0.25) is 4.99 Å². The number of amidine groups is 1. The number of rotatable bonds is 3. The third-order valence-corrected chi connectivity index (χ3v) is 5.67. The quantitative estimate of drug-likeness (QED) is 0.503. The van der Waals surface area contributed by atoms with E-state index in [9.17, 15) is 26.3 Å². The molecule has 1 aromatic rings. The normalized spacial score (nSPS) is 23.3. The van der Waals surface area contributed by atoms with Crippen LogP contribution >= 0.6 is 11.8 Å². The van der Waals surface area contributed by atoms with Crippen LogP contribution < -0.4 is 4.74 Å². The average Bonchev–Trinajstić information content (AvgIpc) is 3.01. The number of halogens is 6. The maximum atomic E-state index is 14.7. The lowest BCUT2D eigenvalue weighted by Gasteiger charge is -2.34. The Balaban J connectivity index is 1.82. The summed E-state index contributed by atoms with van der Waals surface area (Å²) in [5, 5.41) is 0. The molecule has 0 radical (unpaired) electrons. The van der Waals surface area contributed by atoms with Crippen LogP contribution in [0.15, 0.2) is 45.6 Å². The molecule has 0 fully saturated rings. The minimum atomic E-state index is -4.76. The van der Waals surface area contributed by atoms with Gasteiger partial charge < -0.3 is 14.4 Å². The van der Waals surface area contributed by atoms with Crippen LogP contribution in [-0.2, 0) is 10.3 Å². The Kier molecular flexibility index (Phi) is 4.75. The Bertz CT molecular complexity index is 943. The maximum Gasteiger partial charge on any atom is 0.417 e. The molecule has 4 rings (SSSR count). The number of benzene rings is 1. The molecule has 11 heteroatoms. The first kappa shape index (κ1) is 20.0. The highest BCUT2D eigenvalue weighted by atomic mass is 32.2. The lowest BCUT2D eigenvalue weighted by Crippen LogP contribution is -2.38. The van der Waals surface area contributed by atoms with Gasteiger partial charge in [0.25, 0.3) is 0 Å². The van der Waals surface area contributed by atoms with Crippen LogP contribution in [0.2, 0.25) is 0 Å². The van der Waals surface area contributed by atoms with Crippen LogP contribution in [-0.4, -0.2) is 42.9 Å². The van der Waals surface area contributed by atoms with Crippen LogP contribution in [0.25, 0.3) is 0 Å². The van der Waals surface area contributed by atoms with Gasteiger partial charge in [0, 0.05) is 23.1 Å². The lowest BCUT2D eigenvalue weighted by atomic mass is 9.85. The molecule has 1 aromatic carbocycles. The van der Waals surface area contributed by atoms with Crippen LogP contribution in [0.1, 0.15) is 12.0 Å². The van der Waals surface area contributed by atoms with Gasteiger partial charge in [-0.1, -0.05) is 6.07 Å². The second-order valence-electron chi connectivity index (χ2n) is 6.62. The predicted octanol–water partition coefficient (Wildman–Crippen LogP) is 4.82. The van der Waals surface area contributed by atoms with Crippen LogP contribution in [0.5, 0.6) is 5.75 Å². The minimum absolute atomic E-state index is 0.0207. The number of allylic oxidation sites excluding steroid dienone is 2. The molecule has 0 unspecified atom stereocenters. The summed E-state index contributed by atoms with van der Waals surface area (Å²) in [6.45, 7) is -3.32. The van der Waals surface area contributed by atoms with Crippen molar-refractivity contribution in [3.05, 3.63) is 47.1 Å². The van der Waals surface area contributed by atoms with Crippen LogP contribution in [0, 0.1) is 5.82 Å². The third kappa shape index (κ3) is 3.34. The summed E-state index contributed by atoms with van der Waals surface area (Å²) in [6, 6.07) is 3.15. The fourth-order valence-electron chi connectivity index (χ4n) is 3.65. The van der Waals surface area contributed by atoms with Gasteiger partial charge in [0.05, 0.1) is 18.7 Å². The van der Waals surface area contributed by atoms with Gasteiger partial charge in [-0.2, -0.15) is 22.0 Å². The molecule has 0 amide bonds. The van der Waals surface area contributed by atoms with E-state index in [1.165, 1.54) is 17.8 Å². The molecule has 1 atom stereocenters. The van der Waals surface area contributed by atoms with Gasteiger partial charge in [0.2, 0.25) is 0 Å². The summed E-state index contributed by atoms with van der Waals surface area (Å²) in [7, 11) is 0. The highest BCUT2D eigenvalue weighted by molar-refractivity contribution is 7.98. The van der Waals surface area contributed by atoms with E-state index in [1.54, 1.807) is 12.3 Å². The van der Waals surface area contributed by atoms with Crippen LogP contribution in [0.3, 0.4) is 0 Å². The third-order valence-electron chi connectivity index (χ3n) is 4.91. The summed E-state index contributed by atoms with van der Waals surface area (Å²) in [5.74, 6) is -1.43.